The molecule has 170 valence electrons. The fourth-order valence-electron chi connectivity index (χ4n) is 4.01. The number of anilines is 3. The Morgan fingerprint density at radius 2 is 1.66 bits per heavy atom. The first-order valence-corrected chi connectivity index (χ1v) is 11.0. The van der Waals surface area contributed by atoms with Gasteiger partial charge in [-0.3, -0.25) is 14.9 Å². The Balaban J connectivity index is 1.58. The molecule has 2 aliphatic rings. The molecule has 0 atom stereocenters. The van der Waals surface area contributed by atoms with E-state index in [1.807, 2.05) is 11.0 Å². The summed E-state index contributed by atoms with van der Waals surface area (Å²) in [6.07, 6.45) is 0. The first kappa shape index (κ1) is 22.3. The number of carbonyl (C=O) groups is 1. The number of hydrogen-bond donors (Lipinski definition) is 1. The fourth-order valence-corrected chi connectivity index (χ4v) is 4.18. The van der Waals surface area contributed by atoms with E-state index in [1.54, 1.807) is 24.3 Å². The monoisotopic (exact) mass is 459 g/mol. The number of halogens is 1. The highest BCUT2D eigenvalue weighted by atomic mass is 35.5. The normalized spacial score (nSPS) is 17.3. The van der Waals surface area contributed by atoms with E-state index in [4.69, 9.17) is 16.3 Å². The smallest absolute Gasteiger partial charge is 0.293 e. The van der Waals surface area contributed by atoms with Crippen molar-refractivity contribution in [3.63, 3.8) is 0 Å². The lowest BCUT2D eigenvalue weighted by Gasteiger charge is -2.35. The summed E-state index contributed by atoms with van der Waals surface area (Å²) in [5.74, 6) is -0.417. The third-order valence-corrected chi connectivity index (χ3v) is 6.07. The zero-order valence-electron chi connectivity index (χ0n) is 17.9. The second kappa shape index (κ2) is 9.72. The molecule has 1 amide bonds. The van der Waals surface area contributed by atoms with Gasteiger partial charge in [-0.2, -0.15) is 0 Å². The molecule has 1 N–H and O–H groups in total. The molecule has 10 heteroatoms. The number of hydrogen-bond acceptors (Lipinski definition) is 7. The lowest BCUT2D eigenvalue weighted by Crippen LogP contribution is -2.44. The average Bonchev–Trinajstić information content (AvgIpc) is 2.80. The Labute approximate surface area is 191 Å². The molecule has 2 aromatic rings. The van der Waals surface area contributed by atoms with Crippen LogP contribution in [0.3, 0.4) is 0 Å². The predicted molar refractivity (Wildman–Crippen MR) is 125 cm³/mol. The first-order chi connectivity index (χ1) is 15.4. The van der Waals surface area contributed by atoms with E-state index in [9.17, 15) is 14.9 Å². The second-order valence-corrected chi connectivity index (χ2v) is 8.40. The number of nitro groups is 1. The molecule has 32 heavy (non-hydrogen) atoms. The van der Waals surface area contributed by atoms with Gasteiger partial charge in [0.1, 0.15) is 5.69 Å². The quantitative estimate of drug-likeness (QED) is 0.542. The van der Waals surface area contributed by atoms with Gasteiger partial charge in [-0.1, -0.05) is 11.6 Å². The lowest BCUT2D eigenvalue weighted by molar-refractivity contribution is -0.384. The molecule has 0 aromatic heterocycles. The molecule has 2 fully saturated rings. The van der Waals surface area contributed by atoms with Crippen LogP contribution >= 0.6 is 11.6 Å². The topological polar surface area (TPSA) is 91.2 Å². The number of nitrogens with one attached hydrogen (secondary N) is 1. The minimum atomic E-state index is -0.448. The minimum absolute atomic E-state index is 0.0927. The molecule has 0 bridgehead atoms. The number of ether oxygens (including phenoxy) is 1. The molecule has 9 nitrogen and oxygen atoms in total. The van der Waals surface area contributed by atoms with Crippen molar-refractivity contribution in [3.8, 4) is 0 Å². The van der Waals surface area contributed by atoms with Crippen LogP contribution < -0.4 is 15.1 Å². The van der Waals surface area contributed by atoms with Crippen molar-refractivity contribution in [3.05, 3.63) is 57.1 Å². The zero-order valence-corrected chi connectivity index (χ0v) is 18.7. The van der Waals surface area contributed by atoms with E-state index in [-0.39, 0.29) is 11.3 Å². The number of carbonyl (C=O) groups excluding carboxylic acids is 1. The predicted octanol–water partition coefficient (Wildman–Crippen LogP) is 3.09. The van der Waals surface area contributed by atoms with Gasteiger partial charge >= 0.3 is 0 Å². The molecule has 2 aromatic carbocycles. The van der Waals surface area contributed by atoms with Gasteiger partial charge in [-0.05, 0) is 37.4 Å². The second-order valence-electron chi connectivity index (χ2n) is 7.97. The van der Waals surface area contributed by atoms with Crippen LogP contribution in [0.2, 0.25) is 5.02 Å². The Morgan fingerprint density at radius 3 is 2.34 bits per heavy atom. The van der Waals surface area contributed by atoms with Gasteiger partial charge in [0, 0.05) is 55.9 Å². The number of benzene rings is 2. The van der Waals surface area contributed by atoms with Gasteiger partial charge in [0.15, 0.2) is 0 Å². The average molecular weight is 460 g/mol. The maximum Gasteiger partial charge on any atom is 0.293 e. The largest absolute Gasteiger partial charge is 0.378 e. The van der Waals surface area contributed by atoms with E-state index in [0.717, 1.165) is 31.9 Å². The molecule has 4 rings (SSSR count). The molecule has 0 aliphatic carbocycles. The number of nitro benzene ring substituents is 1. The molecule has 2 heterocycles. The number of piperazine rings is 1. The minimum Gasteiger partial charge on any atom is -0.378 e. The van der Waals surface area contributed by atoms with Crippen LogP contribution in [0.15, 0.2) is 36.4 Å². The highest BCUT2D eigenvalue weighted by Crippen LogP contribution is 2.33. The molecule has 0 saturated carbocycles. The number of morpholine rings is 1. The van der Waals surface area contributed by atoms with E-state index in [2.05, 4.69) is 22.2 Å². The summed E-state index contributed by atoms with van der Waals surface area (Å²) in [6, 6.07) is 9.99. The van der Waals surface area contributed by atoms with Crippen LogP contribution in [0.25, 0.3) is 0 Å². The Hall–Kier alpha value is -2.88. The van der Waals surface area contributed by atoms with Crippen molar-refractivity contribution < 1.29 is 14.5 Å². The summed E-state index contributed by atoms with van der Waals surface area (Å²) >= 11 is 6.20. The Bertz CT molecular complexity index is 1000. The van der Waals surface area contributed by atoms with Gasteiger partial charge in [0.2, 0.25) is 0 Å². The lowest BCUT2D eigenvalue weighted by atomic mass is 10.1. The van der Waals surface area contributed by atoms with Gasteiger partial charge < -0.3 is 24.8 Å². The number of nitrogens with zero attached hydrogens (tertiary/aromatic N) is 4. The molecule has 2 aliphatic heterocycles. The van der Waals surface area contributed by atoms with E-state index < -0.39 is 10.8 Å². The highest BCUT2D eigenvalue weighted by molar-refractivity contribution is 6.31. The van der Waals surface area contributed by atoms with Crippen LogP contribution in [0.5, 0.6) is 0 Å². The maximum absolute atomic E-state index is 13.0. The van der Waals surface area contributed by atoms with Gasteiger partial charge in [0.25, 0.3) is 11.6 Å². The van der Waals surface area contributed by atoms with Crippen LogP contribution in [-0.2, 0) is 4.74 Å². The molecular weight excluding hydrogens is 434 g/mol. The third kappa shape index (κ3) is 4.95. The summed E-state index contributed by atoms with van der Waals surface area (Å²) in [4.78, 5) is 30.7. The maximum atomic E-state index is 13.0. The summed E-state index contributed by atoms with van der Waals surface area (Å²) < 4.78 is 5.33. The van der Waals surface area contributed by atoms with Crippen molar-refractivity contribution in [2.24, 2.45) is 0 Å². The number of amides is 1. The summed E-state index contributed by atoms with van der Waals surface area (Å²) in [5, 5.41) is 15.1. The first-order valence-electron chi connectivity index (χ1n) is 10.6. The van der Waals surface area contributed by atoms with E-state index >= 15 is 0 Å². The van der Waals surface area contributed by atoms with Gasteiger partial charge in [-0.15, -0.1) is 0 Å². The SMILES string of the molecule is CN1CCN(c2ccc(Cl)cc2NC(=O)c2ccc(N3CCOCC3)c([N+](=O)[O-])c2)CC1. The Kier molecular flexibility index (Phi) is 6.78. The third-order valence-electron chi connectivity index (χ3n) is 5.84. The number of rotatable bonds is 5. The molecule has 0 spiro atoms. The van der Waals surface area contributed by atoms with Crippen molar-refractivity contribution in [1.29, 1.82) is 0 Å². The molecule has 2 saturated heterocycles. The van der Waals surface area contributed by atoms with E-state index in [1.165, 1.54) is 6.07 Å². The van der Waals surface area contributed by atoms with Crippen LogP contribution in [-0.4, -0.2) is 75.3 Å². The van der Waals surface area contributed by atoms with Crippen molar-refractivity contribution in [1.82, 2.24) is 4.90 Å². The molecular formula is C22H26ClN5O4. The van der Waals surface area contributed by atoms with Crippen LogP contribution in [0.1, 0.15) is 10.4 Å². The molecule has 0 radical (unpaired) electrons. The van der Waals surface area contributed by atoms with Gasteiger partial charge in [-0.25, -0.2) is 0 Å². The molecule has 0 unspecified atom stereocenters. The van der Waals surface area contributed by atoms with Crippen molar-refractivity contribution >= 4 is 40.3 Å². The van der Waals surface area contributed by atoms with Gasteiger partial charge in [0.05, 0.1) is 29.5 Å². The van der Waals surface area contributed by atoms with E-state index in [0.29, 0.717) is 42.7 Å². The summed E-state index contributed by atoms with van der Waals surface area (Å²) in [7, 11) is 2.08. The summed E-state index contributed by atoms with van der Waals surface area (Å²) in [6.45, 7) is 5.69. The summed E-state index contributed by atoms with van der Waals surface area (Å²) in [5.41, 5.74) is 2.10. The fraction of sp³-hybridized carbons (Fsp3) is 0.409. The van der Waals surface area contributed by atoms with Crippen LogP contribution in [0, 0.1) is 10.1 Å². The van der Waals surface area contributed by atoms with Crippen molar-refractivity contribution in [2.45, 2.75) is 0 Å². The standard InChI is InChI=1S/C22H26ClN5O4/c1-25-6-8-26(9-7-25)19-5-3-17(23)15-18(19)24-22(29)16-2-4-20(21(14-16)28(30)31)27-10-12-32-13-11-27/h2-5,14-15H,6-13H2,1H3,(H,24,29). The van der Waals surface area contributed by atoms with Crippen molar-refractivity contribution in [2.75, 3.05) is 74.6 Å². The van der Waals surface area contributed by atoms with Crippen LogP contribution in [0.4, 0.5) is 22.7 Å². The highest BCUT2D eigenvalue weighted by Gasteiger charge is 2.24. The number of likely N-dealkylation sites (N-methyl/N-ethyl adjacent to an activating group) is 1. The Morgan fingerprint density at radius 1 is 1.00 bits per heavy atom. The zero-order chi connectivity index (χ0) is 22.7.